The van der Waals surface area contributed by atoms with Crippen molar-refractivity contribution >= 4 is 11.8 Å². The molecule has 1 N–H and O–H groups in total. The maximum atomic E-state index is 13.7. The van der Waals surface area contributed by atoms with Crippen molar-refractivity contribution in [2.45, 2.75) is 39.3 Å². The van der Waals surface area contributed by atoms with Crippen LogP contribution in [0, 0.1) is 6.92 Å². The lowest BCUT2D eigenvalue weighted by Gasteiger charge is -2.31. The fourth-order valence-corrected chi connectivity index (χ4v) is 3.90. The third-order valence-corrected chi connectivity index (χ3v) is 5.98. The molecule has 0 fully saturated rings. The maximum absolute atomic E-state index is 13.7. The van der Waals surface area contributed by atoms with E-state index in [2.05, 4.69) is 5.32 Å². The molecule has 196 valence electrons. The summed E-state index contributed by atoms with van der Waals surface area (Å²) in [6.45, 7) is 4.59. The smallest absolute Gasteiger partial charge is 0.261 e. The van der Waals surface area contributed by atoms with Gasteiger partial charge in [0.1, 0.15) is 23.3 Å². The summed E-state index contributed by atoms with van der Waals surface area (Å²) in [5.41, 5.74) is 3.03. The largest absolute Gasteiger partial charge is 0.496 e. The SMILES string of the molecule is CCCNC(=O)C(Cc1ccccc1)N(Cc1ccc(C)cc1)C(=O)COc1cc(OC)cc(OC)c1. The summed E-state index contributed by atoms with van der Waals surface area (Å²) in [5.74, 6) is 1.07. The van der Waals surface area contributed by atoms with Gasteiger partial charge in [-0.25, -0.2) is 0 Å². The van der Waals surface area contributed by atoms with Gasteiger partial charge in [-0.05, 0) is 24.5 Å². The van der Waals surface area contributed by atoms with Crippen LogP contribution in [-0.2, 0) is 22.6 Å². The molecule has 37 heavy (non-hydrogen) atoms. The summed E-state index contributed by atoms with van der Waals surface area (Å²) < 4.78 is 16.5. The van der Waals surface area contributed by atoms with E-state index < -0.39 is 6.04 Å². The fraction of sp³-hybridized carbons (Fsp3) is 0.333. The normalized spacial score (nSPS) is 11.4. The molecular weight excluding hydrogens is 468 g/mol. The zero-order valence-electron chi connectivity index (χ0n) is 22.0. The maximum Gasteiger partial charge on any atom is 0.261 e. The van der Waals surface area contributed by atoms with E-state index in [9.17, 15) is 9.59 Å². The molecule has 0 bridgehead atoms. The lowest BCUT2D eigenvalue weighted by Crippen LogP contribution is -2.51. The number of hydrogen-bond acceptors (Lipinski definition) is 5. The van der Waals surface area contributed by atoms with Crippen LogP contribution in [0.3, 0.4) is 0 Å². The molecule has 7 nitrogen and oxygen atoms in total. The van der Waals surface area contributed by atoms with Crippen molar-refractivity contribution in [2.24, 2.45) is 0 Å². The van der Waals surface area contributed by atoms with E-state index in [-0.39, 0.29) is 25.0 Å². The Morgan fingerprint density at radius 2 is 1.49 bits per heavy atom. The summed E-state index contributed by atoms with van der Waals surface area (Å²) in [5, 5.41) is 2.98. The van der Waals surface area contributed by atoms with Crippen molar-refractivity contribution in [1.29, 1.82) is 0 Å². The van der Waals surface area contributed by atoms with Crippen LogP contribution in [0.4, 0.5) is 0 Å². The van der Waals surface area contributed by atoms with Gasteiger partial charge in [-0.2, -0.15) is 0 Å². The number of carbonyl (C=O) groups excluding carboxylic acids is 2. The molecule has 1 atom stereocenters. The van der Waals surface area contributed by atoms with Crippen molar-refractivity contribution < 1.29 is 23.8 Å². The topological polar surface area (TPSA) is 77.1 Å². The molecule has 0 spiro atoms. The van der Waals surface area contributed by atoms with Gasteiger partial charge in [0.05, 0.1) is 14.2 Å². The number of rotatable bonds is 13. The van der Waals surface area contributed by atoms with Gasteiger partial charge in [-0.3, -0.25) is 9.59 Å². The summed E-state index contributed by atoms with van der Waals surface area (Å²) in [6, 6.07) is 22.1. The minimum atomic E-state index is -0.703. The molecule has 0 radical (unpaired) electrons. The Labute approximate surface area is 219 Å². The third-order valence-electron chi connectivity index (χ3n) is 5.98. The number of nitrogens with one attached hydrogen (secondary N) is 1. The van der Waals surface area contributed by atoms with E-state index in [0.29, 0.717) is 30.2 Å². The number of nitrogens with zero attached hydrogens (tertiary/aromatic N) is 1. The van der Waals surface area contributed by atoms with Crippen LogP contribution < -0.4 is 19.5 Å². The summed E-state index contributed by atoms with van der Waals surface area (Å²) in [7, 11) is 3.10. The first-order valence-corrected chi connectivity index (χ1v) is 12.5. The van der Waals surface area contributed by atoms with E-state index >= 15 is 0 Å². The van der Waals surface area contributed by atoms with Crippen LogP contribution in [-0.4, -0.2) is 50.1 Å². The van der Waals surface area contributed by atoms with Gasteiger partial charge < -0.3 is 24.4 Å². The zero-order valence-corrected chi connectivity index (χ0v) is 22.0. The highest BCUT2D eigenvalue weighted by molar-refractivity contribution is 5.88. The van der Waals surface area contributed by atoms with E-state index in [1.54, 1.807) is 37.3 Å². The predicted octanol–water partition coefficient (Wildman–Crippen LogP) is 4.56. The van der Waals surface area contributed by atoms with Gasteiger partial charge in [-0.15, -0.1) is 0 Å². The van der Waals surface area contributed by atoms with Crippen LogP contribution in [0.2, 0.25) is 0 Å². The number of hydrogen-bond donors (Lipinski definition) is 1. The number of amides is 2. The highest BCUT2D eigenvalue weighted by atomic mass is 16.5. The molecule has 3 aromatic rings. The van der Waals surface area contributed by atoms with Gasteiger partial charge in [0, 0.05) is 37.7 Å². The second kappa shape index (κ2) is 13.9. The van der Waals surface area contributed by atoms with E-state index in [0.717, 1.165) is 23.1 Å². The highest BCUT2D eigenvalue weighted by Gasteiger charge is 2.30. The Hall–Kier alpha value is -4.00. The molecular formula is C30H36N2O5. The highest BCUT2D eigenvalue weighted by Crippen LogP contribution is 2.27. The Balaban J connectivity index is 1.90. The van der Waals surface area contributed by atoms with Crippen molar-refractivity contribution in [2.75, 3.05) is 27.4 Å². The molecule has 0 saturated carbocycles. The molecule has 0 aliphatic carbocycles. The van der Waals surface area contributed by atoms with Crippen LogP contribution in [0.15, 0.2) is 72.8 Å². The number of ether oxygens (including phenoxy) is 3. The lowest BCUT2D eigenvalue weighted by molar-refractivity contribution is -0.142. The lowest BCUT2D eigenvalue weighted by atomic mass is 10.0. The average molecular weight is 505 g/mol. The van der Waals surface area contributed by atoms with Gasteiger partial charge in [0.2, 0.25) is 5.91 Å². The molecule has 0 aliphatic heterocycles. The first kappa shape index (κ1) is 27.6. The minimum Gasteiger partial charge on any atom is -0.496 e. The molecule has 1 unspecified atom stereocenters. The van der Waals surface area contributed by atoms with E-state index in [4.69, 9.17) is 14.2 Å². The number of methoxy groups -OCH3 is 2. The second-order valence-corrected chi connectivity index (χ2v) is 8.84. The predicted molar refractivity (Wildman–Crippen MR) is 144 cm³/mol. The Bertz CT molecular complexity index is 1130. The first-order valence-electron chi connectivity index (χ1n) is 12.5. The minimum absolute atomic E-state index is 0.186. The number of carbonyl (C=O) groups is 2. The molecule has 0 aromatic heterocycles. The van der Waals surface area contributed by atoms with Gasteiger partial charge in [0.25, 0.3) is 5.91 Å². The summed E-state index contributed by atoms with van der Waals surface area (Å²) in [4.78, 5) is 28.6. The molecule has 2 amide bonds. The average Bonchev–Trinajstić information content (AvgIpc) is 2.93. The monoisotopic (exact) mass is 504 g/mol. The van der Waals surface area contributed by atoms with E-state index in [1.165, 1.54) is 0 Å². The van der Waals surface area contributed by atoms with Crippen molar-refractivity contribution in [3.8, 4) is 17.2 Å². The van der Waals surface area contributed by atoms with Crippen LogP contribution in [0.5, 0.6) is 17.2 Å². The van der Waals surface area contributed by atoms with Gasteiger partial charge >= 0.3 is 0 Å². The quantitative estimate of drug-likeness (QED) is 0.369. The van der Waals surface area contributed by atoms with Crippen LogP contribution >= 0.6 is 0 Å². The van der Waals surface area contributed by atoms with Crippen molar-refractivity contribution in [3.05, 3.63) is 89.5 Å². The van der Waals surface area contributed by atoms with Crippen LogP contribution in [0.25, 0.3) is 0 Å². The standard InChI is InChI=1S/C30H36N2O5/c1-5-15-31-30(34)28(16-23-9-7-6-8-10-23)32(20-24-13-11-22(2)12-14-24)29(33)21-37-27-18-25(35-3)17-26(19-27)36-4/h6-14,17-19,28H,5,15-16,20-21H2,1-4H3,(H,31,34). The Morgan fingerprint density at radius 3 is 2.08 bits per heavy atom. The van der Waals surface area contributed by atoms with E-state index in [1.807, 2.05) is 68.4 Å². The second-order valence-electron chi connectivity index (χ2n) is 8.84. The summed E-state index contributed by atoms with van der Waals surface area (Å²) in [6.07, 6.45) is 1.19. The molecule has 0 saturated heterocycles. The number of benzene rings is 3. The Kier molecular flexibility index (Phi) is 10.4. The first-order chi connectivity index (χ1) is 17.9. The third kappa shape index (κ3) is 8.27. The molecule has 7 heteroatoms. The molecule has 0 heterocycles. The zero-order chi connectivity index (χ0) is 26.6. The van der Waals surface area contributed by atoms with Gasteiger partial charge in [0.15, 0.2) is 6.61 Å². The fourth-order valence-electron chi connectivity index (χ4n) is 3.90. The molecule has 0 aliphatic rings. The molecule has 3 rings (SSSR count). The van der Waals surface area contributed by atoms with Gasteiger partial charge in [-0.1, -0.05) is 67.1 Å². The van der Waals surface area contributed by atoms with Crippen LogP contribution in [0.1, 0.15) is 30.0 Å². The Morgan fingerprint density at radius 1 is 0.865 bits per heavy atom. The van der Waals surface area contributed by atoms with Crippen molar-refractivity contribution in [3.63, 3.8) is 0 Å². The van der Waals surface area contributed by atoms with Crippen molar-refractivity contribution in [1.82, 2.24) is 10.2 Å². The number of aryl methyl sites for hydroxylation is 1. The summed E-state index contributed by atoms with van der Waals surface area (Å²) >= 11 is 0. The molecule has 3 aromatic carbocycles.